The number of rotatable bonds is 10. The lowest BCUT2D eigenvalue weighted by atomic mass is 10.0. The van der Waals surface area contributed by atoms with E-state index >= 15 is 0 Å². The Morgan fingerprint density at radius 1 is 1.18 bits per heavy atom. The Morgan fingerprint density at radius 2 is 1.88 bits per heavy atom. The van der Waals surface area contributed by atoms with E-state index in [4.69, 9.17) is 16.3 Å². The monoisotopic (exact) mass is 490 g/mol. The molecule has 0 saturated carbocycles. The van der Waals surface area contributed by atoms with Crippen molar-refractivity contribution in [3.8, 4) is 5.75 Å². The average Bonchev–Trinajstić information content (AvgIpc) is 3.22. The predicted molar refractivity (Wildman–Crippen MR) is 131 cm³/mol. The van der Waals surface area contributed by atoms with E-state index in [0.29, 0.717) is 23.3 Å². The molecule has 1 heterocycles. The minimum Gasteiger partial charge on any atom is -0.481 e. The molecule has 176 valence electrons. The third-order valence-electron chi connectivity index (χ3n) is 5.22. The molecule has 0 saturated heterocycles. The van der Waals surface area contributed by atoms with E-state index in [1.807, 2.05) is 36.6 Å². The van der Waals surface area contributed by atoms with Crippen LogP contribution in [0, 0.1) is 5.82 Å². The van der Waals surface area contributed by atoms with Crippen molar-refractivity contribution in [1.82, 2.24) is 14.8 Å². The first-order valence-corrected chi connectivity index (χ1v) is 12.3. The van der Waals surface area contributed by atoms with Crippen molar-refractivity contribution < 1.29 is 13.9 Å². The fourth-order valence-corrected chi connectivity index (χ4v) is 4.55. The van der Waals surface area contributed by atoms with Crippen LogP contribution in [-0.4, -0.2) is 26.4 Å². The number of hydrogen-bond donors (Lipinski definition) is 1. The summed E-state index contributed by atoms with van der Waals surface area (Å²) in [5, 5.41) is 12.4. The van der Waals surface area contributed by atoms with E-state index in [1.54, 1.807) is 0 Å². The van der Waals surface area contributed by atoms with Gasteiger partial charge >= 0.3 is 0 Å². The summed E-state index contributed by atoms with van der Waals surface area (Å²) >= 11 is 7.40. The second-order valence-electron chi connectivity index (χ2n) is 7.42. The Balaban J connectivity index is 1.68. The van der Waals surface area contributed by atoms with Crippen LogP contribution in [0.2, 0.25) is 5.02 Å². The van der Waals surface area contributed by atoms with Gasteiger partial charge < -0.3 is 14.6 Å². The van der Waals surface area contributed by atoms with Crippen molar-refractivity contribution in [2.45, 2.75) is 58.3 Å². The molecule has 2 aromatic carbocycles. The molecule has 0 radical (unpaired) electrons. The Labute approximate surface area is 202 Å². The van der Waals surface area contributed by atoms with Gasteiger partial charge in [0.15, 0.2) is 17.1 Å². The molecule has 3 rings (SSSR count). The van der Waals surface area contributed by atoms with Crippen LogP contribution in [0.3, 0.4) is 0 Å². The molecular formula is C24H28ClFN4O2S. The van der Waals surface area contributed by atoms with E-state index in [1.165, 1.54) is 30.0 Å². The minimum atomic E-state index is -0.466. The van der Waals surface area contributed by atoms with Crippen molar-refractivity contribution in [1.29, 1.82) is 0 Å². The molecule has 3 aromatic rings. The number of anilines is 1. The SMILES string of the molecule is CCc1cccc(CC)c1NC(=O)CSc1nnc(C(C)Oc2ccc(F)cc2Cl)n1CC. The van der Waals surface area contributed by atoms with Crippen LogP contribution in [0.1, 0.15) is 50.8 Å². The molecular weight excluding hydrogens is 463 g/mol. The molecule has 0 aliphatic rings. The van der Waals surface area contributed by atoms with Gasteiger partial charge in [0.2, 0.25) is 5.91 Å². The van der Waals surface area contributed by atoms with Gasteiger partial charge in [0.1, 0.15) is 11.6 Å². The summed E-state index contributed by atoms with van der Waals surface area (Å²) in [5.41, 5.74) is 3.15. The molecule has 1 amide bonds. The van der Waals surface area contributed by atoms with Crippen LogP contribution in [-0.2, 0) is 24.2 Å². The van der Waals surface area contributed by atoms with Crippen LogP contribution in [0.4, 0.5) is 10.1 Å². The lowest BCUT2D eigenvalue weighted by Crippen LogP contribution is -2.17. The first-order chi connectivity index (χ1) is 15.9. The number of amides is 1. The molecule has 1 N–H and O–H groups in total. The van der Waals surface area contributed by atoms with Gasteiger partial charge in [-0.2, -0.15) is 0 Å². The highest BCUT2D eigenvalue weighted by Crippen LogP contribution is 2.30. The minimum absolute atomic E-state index is 0.0924. The summed E-state index contributed by atoms with van der Waals surface area (Å²) < 4.78 is 21.1. The molecule has 0 spiro atoms. The Bertz CT molecular complexity index is 1100. The van der Waals surface area contributed by atoms with Gasteiger partial charge in [0.05, 0.1) is 10.8 Å². The Kier molecular flexibility index (Phi) is 8.74. The van der Waals surface area contributed by atoms with Crippen molar-refractivity contribution in [3.63, 3.8) is 0 Å². The maximum atomic E-state index is 13.3. The van der Waals surface area contributed by atoms with E-state index in [-0.39, 0.29) is 16.7 Å². The molecule has 0 aliphatic heterocycles. The molecule has 0 fully saturated rings. The van der Waals surface area contributed by atoms with Gasteiger partial charge in [-0.3, -0.25) is 4.79 Å². The van der Waals surface area contributed by atoms with Crippen LogP contribution < -0.4 is 10.1 Å². The van der Waals surface area contributed by atoms with Gasteiger partial charge in [-0.25, -0.2) is 4.39 Å². The number of hydrogen-bond acceptors (Lipinski definition) is 5. The van der Waals surface area contributed by atoms with Crippen LogP contribution in [0.5, 0.6) is 5.75 Å². The second kappa shape index (κ2) is 11.5. The van der Waals surface area contributed by atoms with Gasteiger partial charge in [-0.05, 0) is 56.0 Å². The van der Waals surface area contributed by atoms with E-state index in [2.05, 4.69) is 29.4 Å². The normalized spacial score (nSPS) is 11.9. The van der Waals surface area contributed by atoms with Crippen LogP contribution >= 0.6 is 23.4 Å². The summed E-state index contributed by atoms with van der Waals surface area (Å²) in [6.07, 6.45) is 1.23. The Morgan fingerprint density at radius 3 is 2.48 bits per heavy atom. The van der Waals surface area contributed by atoms with Crippen molar-refractivity contribution >= 4 is 35.0 Å². The second-order valence-corrected chi connectivity index (χ2v) is 8.76. The molecule has 0 aliphatic carbocycles. The molecule has 1 aromatic heterocycles. The molecule has 33 heavy (non-hydrogen) atoms. The predicted octanol–water partition coefficient (Wildman–Crippen LogP) is 6.09. The number of carbonyl (C=O) groups is 1. The fourth-order valence-electron chi connectivity index (χ4n) is 3.53. The molecule has 0 bridgehead atoms. The lowest BCUT2D eigenvalue weighted by molar-refractivity contribution is -0.113. The van der Waals surface area contributed by atoms with Crippen LogP contribution in [0.25, 0.3) is 0 Å². The fraction of sp³-hybridized carbons (Fsp3) is 0.375. The van der Waals surface area contributed by atoms with Gasteiger partial charge in [0, 0.05) is 12.2 Å². The summed E-state index contributed by atoms with van der Waals surface area (Å²) in [5.74, 6) is 0.654. The number of nitrogens with one attached hydrogen (secondary N) is 1. The summed E-state index contributed by atoms with van der Waals surface area (Å²) in [6.45, 7) is 8.56. The first kappa shape index (κ1) is 25.1. The van der Waals surface area contributed by atoms with Crippen LogP contribution in [0.15, 0.2) is 41.6 Å². The van der Waals surface area contributed by atoms with E-state index in [9.17, 15) is 9.18 Å². The van der Waals surface area contributed by atoms with Crippen molar-refractivity contribution in [2.75, 3.05) is 11.1 Å². The number of benzene rings is 2. The number of thioether (sulfide) groups is 1. The highest BCUT2D eigenvalue weighted by molar-refractivity contribution is 7.99. The molecule has 6 nitrogen and oxygen atoms in total. The molecule has 1 unspecified atom stereocenters. The number of para-hydroxylation sites is 1. The first-order valence-electron chi connectivity index (χ1n) is 11.0. The number of nitrogens with zero attached hydrogens (tertiary/aromatic N) is 3. The quantitative estimate of drug-likeness (QED) is 0.348. The summed E-state index contributed by atoms with van der Waals surface area (Å²) in [6, 6.07) is 10.1. The largest absolute Gasteiger partial charge is 0.481 e. The number of ether oxygens (including phenoxy) is 1. The third-order valence-corrected chi connectivity index (χ3v) is 6.48. The molecule has 9 heteroatoms. The maximum Gasteiger partial charge on any atom is 0.234 e. The summed E-state index contributed by atoms with van der Waals surface area (Å²) in [4.78, 5) is 12.7. The van der Waals surface area contributed by atoms with Crippen molar-refractivity contribution in [3.05, 3.63) is 64.2 Å². The third kappa shape index (κ3) is 6.06. The van der Waals surface area contributed by atoms with E-state index < -0.39 is 11.9 Å². The zero-order valence-electron chi connectivity index (χ0n) is 19.2. The zero-order valence-corrected chi connectivity index (χ0v) is 20.8. The highest BCUT2D eigenvalue weighted by atomic mass is 35.5. The molecule has 1 atom stereocenters. The Hall–Kier alpha value is -2.58. The average molecular weight is 491 g/mol. The van der Waals surface area contributed by atoms with E-state index in [0.717, 1.165) is 29.7 Å². The topological polar surface area (TPSA) is 69.0 Å². The standard InChI is InChI=1S/C24H28ClFN4O2S/c1-5-16-9-8-10-17(6-2)22(16)27-21(31)14-33-24-29-28-23(30(24)7-3)15(4)32-20-12-11-18(26)13-19(20)25/h8-13,15H,5-7,14H2,1-4H3,(H,27,31). The highest BCUT2D eigenvalue weighted by Gasteiger charge is 2.21. The smallest absolute Gasteiger partial charge is 0.234 e. The lowest BCUT2D eigenvalue weighted by Gasteiger charge is -2.16. The maximum absolute atomic E-state index is 13.3. The number of aryl methyl sites for hydroxylation is 2. The number of aromatic nitrogens is 3. The van der Waals surface area contributed by atoms with Gasteiger partial charge in [0.25, 0.3) is 0 Å². The summed E-state index contributed by atoms with van der Waals surface area (Å²) in [7, 11) is 0. The van der Waals surface area contributed by atoms with Crippen molar-refractivity contribution in [2.24, 2.45) is 0 Å². The van der Waals surface area contributed by atoms with Gasteiger partial charge in [-0.15, -0.1) is 10.2 Å². The van der Waals surface area contributed by atoms with Gasteiger partial charge in [-0.1, -0.05) is 55.4 Å². The zero-order chi connectivity index (χ0) is 24.0. The number of halogens is 2. The number of carbonyl (C=O) groups excluding carboxylic acids is 1.